The van der Waals surface area contributed by atoms with E-state index in [9.17, 15) is 9.18 Å². The lowest BCUT2D eigenvalue weighted by atomic mass is 9.82. The molecule has 2 fully saturated rings. The molecule has 7 heteroatoms. The number of carbonyl (C=O) groups excluding carboxylic acids is 1. The number of hydrogen-bond donors (Lipinski definition) is 1. The Morgan fingerprint density at radius 3 is 2.47 bits per heavy atom. The summed E-state index contributed by atoms with van der Waals surface area (Å²) in [5, 5.41) is 7.63. The van der Waals surface area contributed by atoms with Crippen LogP contribution in [0.3, 0.4) is 0 Å². The molecule has 0 aliphatic heterocycles. The lowest BCUT2D eigenvalue weighted by Crippen LogP contribution is -2.24. The van der Waals surface area contributed by atoms with Crippen LogP contribution in [-0.4, -0.2) is 37.2 Å². The van der Waals surface area contributed by atoms with Gasteiger partial charge in [-0.1, -0.05) is 25.9 Å². The highest BCUT2D eigenvalue weighted by atomic mass is 19.1. The van der Waals surface area contributed by atoms with Gasteiger partial charge in [-0.3, -0.25) is 4.79 Å². The normalized spacial score (nSPS) is 25.0. The molecule has 0 saturated heterocycles. The quantitative estimate of drug-likeness (QED) is 0.698. The lowest BCUT2D eigenvalue weighted by Gasteiger charge is -2.27. The Kier molecular flexibility index (Phi) is 6.32. The summed E-state index contributed by atoms with van der Waals surface area (Å²) in [6, 6.07) is 4.59. The number of halogens is 1. The number of methoxy groups -OCH3 is 1. The molecule has 0 amide bonds. The van der Waals surface area contributed by atoms with Gasteiger partial charge in [-0.2, -0.15) is 4.98 Å². The number of nitrogens with zero attached hydrogens (tertiary/aromatic N) is 2. The molecule has 1 heterocycles. The molecule has 0 radical (unpaired) electrons. The third-order valence-corrected chi connectivity index (χ3v) is 6.32. The SMILES string of the molecule is CC(C)(C)c1noc(C23CCC(CNc4ccc(F)c(C=O)c4)(CC2)C3)n1.COC. The van der Waals surface area contributed by atoms with Gasteiger partial charge < -0.3 is 14.6 Å². The number of fused-ring (bicyclic) bond motifs is 2. The van der Waals surface area contributed by atoms with Crippen LogP contribution in [0.5, 0.6) is 0 Å². The largest absolute Gasteiger partial charge is 0.388 e. The predicted octanol–water partition coefficient (Wildman–Crippen LogP) is 4.90. The van der Waals surface area contributed by atoms with Gasteiger partial charge in [-0.15, -0.1) is 0 Å². The van der Waals surface area contributed by atoms with Crippen molar-refractivity contribution in [2.24, 2.45) is 5.41 Å². The summed E-state index contributed by atoms with van der Waals surface area (Å²) in [5.74, 6) is 1.07. The van der Waals surface area contributed by atoms with E-state index in [1.807, 2.05) is 0 Å². The zero-order valence-electron chi connectivity index (χ0n) is 18.5. The van der Waals surface area contributed by atoms with E-state index in [-0.39, 0.29) is 21.8 Å². The van der Waals surface area contributed by atoms with Crippen molar-refractivity contribution in [1.82, 2.24) is 10.1 Å². The van der Waals surface area contributed by atoms with Crippen LogP contribution in [0.2, 0.25) is 0 Å². The fourth-order valence-corrected chi connectivity index (χ4v) is 4.64. The third-order valence-electron chi connectivity index (χ3n) is 6.32. The molecule has 4 rings (SSSR count). The molecule has 2 aliphatic carbocycles. The van der Waals surface area contributed by atoms with Crippen molar-refractivity contribution in [1.29, 1.82) is 0 Å². The highest BCUT2D eigenvalue weighted by Crippen LogP contribution is 2.62. The molecule has 1 aromatic carbocycles. The van der Waals surface area contributed by atoms with Crippen molar-refractivity contribution < 1.29 is 18.4 Å². The van der Waals surface area contributed by atoms with Crippen molar-refractivity contribution in [3.05, 3.63) is 41.3 Å². The number of carbonyl (C=O) groups is 1. The summed E-state index contributed by atoms with van der Waals surface area (Å²) in [7, 11) is 3.25. The van der Waals surface area contributed by atoms with Crippen LogP contribution in [0.15, 0.2) is 22.7 Å². The first-order chi connectivity index (χ1) is 14.2. The zero-order chi connectivity index (χ0) is 22.0. The second-order valence-electron chi connectivity index (χ2n) is 9.75. The minimum Gasteiger partial charge on any atom is -0.388 e. The summed E-state index contributed by atoms with van der Waals surface area (Å²) in [5.41, 5.74) is 0.934. The molecule has 164 valence electrons. The number of nitrogens with one attached hydrogen (secondary N) is 1. The first-order valence-electron chi connectivity index (χ1n) is 10.4. The van der Waals surface area contributed by atoms with Gasteiger partial charge in [0.15, 0.2) is 12.1 Å². The first kappa shape index (κ1) is 22.4. The molecule has 2 saturated carbocycles. The van der Waals surface area contributed by atoms with Crippen molar-refractivity contribution in [3.8, 4) is 0 Å². The number of ether oxygens (including phenoxy) is 1. The topological polar surface area (TPSA) is 77.3 Å². The summed E-state index contributed by atoms with van der Waals surface area (Å²) in [4.78, 5) is 15.7. The van der Waals surface area contributed by atoms with Crippen LogP contribution in [0.25, 0.3) is 0 Å². The van der Waals surface area contributed by atoms with Crippen LogP contribution in [0.4, 0.5) is 10.1 Å². The number of benzene rings is 1. The minimum atomic E-state index is -0.486. The third kappa shape index (κ3) is 4.41. The van der Waals surface area contributed by atoms with Crippen molar-refractivity contribution in [3.63, 3.8) is 0 Å². The van der Waals surface area contributed by atoms with Gasteiger partial charge in [-0.05, 0) is 55.7 Å². The monoisotopic (exact) mass is 417 g/mol. The summed E-state index contributed by atoms with van der Waals surface area (Å²) >= 11 is 0. The highest BCUT2D eigenvalue weighted by Gasteiger charge is 2.57. The molecule has 0 atom stereocenters. The molecule has 2 bridgehead atoms. The van der Waals surface area contributed by atoms with E-state index in [2.05, 4.69) is 36.0 Å². The molecule has 0 unspecified atom stereocenters. The van der Waals surface area contributed by atoms with Gasteiger partial charge >= 0.3 is 0 Å². The Balaban J connectivity index is 0.000000806. The summed E-state index contributed by atoms with van der Waals surface area (Å²) in [6.45, 7) is 7.08. The van der Waals surface area contributed by atoms with E-state index in [0.29, 0.717) is 6.29 Å². The predicted molar refractivity (Wildman–Crippen MR) is 113 cm³/mol. The molecule has 1 aromatic heterocycles. The number of anilines is 1. The van der Waals surface area contributed by atoms with Gasteiger partial charge in [0.05, 0.1) is 11.0 Å². The molecule has 6 nitrogen and oxygen atoms in total. The average molecular weight is 418 g/mol. The van der Waals surface area contributed by atoms with Gasteiger partial charge in [0.25, 0.3) is 0 Å². The Bertz CT molecular complexity index is 880. The molecule has 30 heavy (non-hydrogen) atoms. The Labute approximate surface area is 177 Å². The van der Waals surface area contributed by atoms with Crippen LogP contribution in [-0.2, 0) is 15.6 Å². The van der Waals surface area contributed by atoms with E-state index in [0.717, 1.165) is 56.1 Å². The second kappa shape index (κ2) is 8.46. The Morgan fingerprint density at radius 2 is 1.90 bits per heavy atom. The van der Waals surface area contributed by atoms with E-state index in [1.165, 1.54) is 6.07 Å². The molecule has 0 spiro atoms. The average Bonchev–Trinajstić information content (AvgIpc) is 3.42. The number of aromatic nitrogens is 2. The van der Waals surface area contributed by atoms with Crippen molar-refractivity contribution in [2.75, 3.05) is 26.1 Å². The second-order valence-corrected chi connectivity index (χ2v) is 9.75. The van der Waals surface area contributed by atoms with Gasteiger partial charge in [0.1, 0.15) is 5.82 Å². The van der Waals surface area contributed by atoms with Crippen molar-refractivity contribution in [2.45, 2.75) is 63.7 Å². The standard InChI is InChI=1S/C21H26FN3O2.C2H6O/c1-19(2,3)17-24-18(27-25-17)21-8-6-20(12-21,7-9-21)13-23-15-4-5-16(22)14(10-15)11-26;1-3-2/h4-5,10-11,23H,6-9,12-13H2,1-3H3;1-2H3. The molecular weight excluding hydrogens is 385 g/mol. The zero-order valence-corrected chi connectivity index (χ0v) is 18.5. The van der Waals surface area contributed by atoms with Crippen molar-refractivity contribution >= 4 is 12.0 Å². The van der Waals surface area contributed by atoms with E-state index >= 15 is 0 Å². The maximum Gasteiger partial charge on any atom is 0.232 e. The van der Waals surface area contributed by atoms with E-state index in [4.69, 9.17) is 9.51 Å². The fourth-order valence-electron chi connectivity index (χ4n) is 4.64. The smallest absolute Gasteiger partial charge is 0.232 e. The van der Waals surface area contributed by atoms with E-state index in [1.54, 1.807) is 26.4 Å². The van der Waals surface area contributed by atoms with E-state index < -0.39 is 5.82 Å². The maximum atomic E-state index is 13.5. The Hall–Kier alpha value is -2.28. The molecule has 2 aliphatic rings. The summed E-state index contributed by atoms with van der Waals surface area (Å²) < 4.78 is 23.4. The number of rotatable bonds is 5. The molecule has 2 aromatic rings. The molecular formula is C23H32FN3O3. The van der Waals surface area contributed by atoms with Crippen LogP contribution in [0, 0.1) is 11.2 Å². The fraction of sp³-hybridized carbons (Fsp3) is 0.609. The first-order valence-corrected chi connectivity index (χ1v) is 10.4. The molecule has 1 N–H and O–H groups in total. The number of hydrogen-bond acceptors (Lipinski definition) is 6. The maximum absolute atomic E-state index is 13.5. The minimum absolute atomic E-state index is 0.00503. The van der Waals surface area contributed by atoms with Crippen LogP contribution < -0.4 is 5.32 Å². The van der Waals surface area contributed by atoms with Gasteiger partial charge in [-0.25, -0.2) is 4.39 Å². The highest BCUT2D eigenvalue weighted by molar-refractivity contribution is 5.77. The van der Waals surface area contributed by atoms with Crippen LogP contribution in [0.1, 0.15) is 74.9 Å². The van der Waals surface area contributed by atoms with Gasteiger partial charge in [0.2, 0.25) is 5.89 Å². The lowest BCUT2D eigenvalue weighted by molar-refractivity contribution is 0.112. The Morgan fingerprint density at radius 1 is 1.23 bits per heavy atom. The van der Waals surface area contributed by atoms with Crippen LogP contribution >= 0.6 is 0 Å². The van der Waals surface area contributed by atoms with Gasteiger partial charge in [0, 0.05) is 31.9 Å². The summed E-state index contributed by atoms with van der Waals surface area (Å²) in [6.07, 6.45) is 5.91. The number of aldehydes is 1.